The predicted molar refractivity (Wildman–Crippen MR) is 56.1 cm³/mol. The molecule has 0 bridgehead atoms. The van der Waals surface area contributed by atoms with Gasteiger partial charge < -0.3 is 0 Å². The Labute approximate surface area is 89.9 Å². The second kappa shape index (κ2) is 4.01. The molecule has 4 nitrogen and oxygen atoms in total. The van der Waals surface area contributed by atoms with E-state index in [4.69, 9.17) is 5.26 Å². The van der Waals surface area contributed by atoms with Gasteiger partial charge in [0.15, 0.2) is 0 Å². The van der Waals surface area contributed by atoms with Crippen LogP contribution in [-0.2, 0) is 0 Å². The van der Waals surface area contributed by atoms with Crippen LogP contribution in [0, 0.1) is 17.2 Å². The molecule has 3 atom stereocenters. The maximum Gasteiger partial charge on any atom is 0.138 e. The Balaban J connectivity index is 2.36. The van der Waals surface area contributed by atoms with Crippen LogP contribution in [0.5, 0.6) is 0 Å². The highest BCUT2D eigenvalue weighted by molar-refractivity contribution is 5.11. The summed E-state index contributed by atoms with van der Waals surface area (Å²) in [6, 6.07) is 2.70. The average molecular weight is 204 g/mol. The summed E-state index contributed by atoms with van der Waals surface area (Å²) in [5.74, 6) is 1.83. The smallest absolute Gasteiger partial charge is 0.138 e. The lowest BCUT2D eigenvalue weighted by molar-refractivity contribution is 0.309. The molecule has 80 valence electrons. The van der Waals surface area contributed by atoms with Crippen molar-refractivity contribution in [2.75, 3.05) is 0 Å². The molecule has 0 unspecified atom stereocenters. The van der Waals surface area contributed by atoms with Gasteiger partial charge in [-0.1, -0.05) is 20.3 Å². The molecule has 4 heteroatoms. The van der Waals surface area contributed by atoms with Crippen molar-refractivity contribution < 1.29 is 0 Å². The molecule has 15 heavy (non-hydrogen) atoms. The number of nitrogens with zero attached hydrogens (tertiary/aromatic N) is 4. The van der Waals surface area contributed by atoms with Crippen molar-refractivity contribution in [3.63, 3.8) is 0 Å². The van der Waals surface area contributed by atoms with Gasteiger partial charge in [0, 0.05) is 12.3 Å². The largest absolute Gasteiger partial charge is 0.246 e. The van der Waals surface area contributed by atoms with Gasteiger partial charge >= 0.3 is 0 Å². The minimum atomic E-state index is 0.285. The van der Waals surface area contributed by atoms with Gasteiger partial charge in [0.05, 0.1) is 12.1 Å². The molecular weight excluding hydrogens is 188 g/mol. The van der Waals surface area contributed by atoms with E-state index in [2.05, 4.69) is 30.0 Å². The van der Waals surface area contributed by atoms with Gasteiger partial charge in [0.2, 0.25) is 0 Å². The van der Waals surface area contributed by atoms with Gasteiger partial charge in [-0.05, 0) is 12.3 Å². The molecule has 0 amide bonds. The third-order valence-corrected chi connectivity index (χ3v) is 3.46. The van der Waals surface area contributed by atoms with Gasteiger partial charge in [-0.25, -0.2) is 9.67 Å². The molecule has 0 N–H and O–H groups in total. The van der Waals surface area contributed by atoms with Crippen LogP contribution in [0.15, 0.2) is 6.33 Å². The van der Waals surface area contributed by atoms with Gasteiger partial charge in [-0.2, -0.15) is 10.4 Å². The zero-order valence-electron chi connectivity index (χ0n) is 9.22. The van der Waals surface area contributed by atoms with E-state index < -0.39 is 0 Å². The number of fused-ring (bicyclic) bond motifs is 1. The van der Waals surface area contributed by atoms with Crippen molar-refractivity contribution in [2.24, 2.45) is 5.92 Å². The lowest BCUT2D eigenvalue weighted by Gasteiger charge is -2.20. The van der Waals surface area contributed by atoms with Crippen molar-refractivity contribution in [2.45, 2.75) is 45.1 Å². The summed E-state index contributed by atoms with van der Waals surface area (Å²) in [4.78, 5) is 4.29. The summed E-state index contributed by atoms with van der Waals surface area (Å²) in [6.45, 7) is 4.36. The highest BCUT2D eigenvalue weighted by Gasteiger charge is 2.40. The van der Waals surface area contributed by atoms with Crippen molar-refractivity contribution >= 4 is 0 Å². The fraction of sp³-hybridized carbons (Fsp3) is 0.727. The minimum Gasteiger partial charge on any atom is -0.246 e. The standard InChI is InChI=1S/C11H16N4/c1-3-8-9(5-6-12)11-13-7-14-15(11)10(8)4-2/h7-10H,3-5H2,1-2H3/t8-,9+,10-/m0/s1. The molecule has 0 fully saturated rings. The molecule has 2 rings (SSSR count). The molecule has 0 aromatic carbocycles. The number of hydrogen-bond donors (Lipinski definition) is 0. The molecule has 2 heterocycles. The van der Waals surface area contributed by atoms with E-state index in [0.29, 0.717) is 18.4 Å². The van der Waals surface area contributed by atoms with E-state index in [1.54, 1.807) is 6.33 Å². The first kappa shape index (κ1) is 10.2. The molecule has 1 aliphatic rings. The topological polar surface area (TPSA) is 54.5 Å². The molecule has 0 aliphatic carbocycles. The Morgan fingerprint density at radius 1 is 1.47 bits per heavy atom. The Hall–Kier alpha value is -1.37. The molecular formula is C11H16N4. The predicted octanol–water partition coefficient (Wildman–Crippen LogP) is 2.27. The summed E-state index contributed by atoms with van der Waals surface area (Å²) in [5, 5.41) is 13.1. The zero-order valence-corrected chi connectivity index (χ0v) is 9.22. The molecule has 0 radical (unpaired) electrons. The van der Waals surface area contributed by atoms with E-state index in [1.807, 2.05) is 4.68 Å². The number of aromatic nitrogens is 3. The van der Waals surface area contributed by atoms with Crippen LogP contribution in [0.3, 0.4) is 0 Å². The van der Waals surface area contributed by atoms with Gasteiger partial charge in [-0.15, -0.1) is 0 Å². The molecule has 1 aromatic heterocycles. The Bertz CT molecular complexity index is 376. The SMILES string of the molecule is CC[C@H]1[C@@H](CC#N)c2ncnn2[C@H]1CC. The van der Waals surface area contributed by atoms with Crippen LogP contribution in [0.25, 0.3) is 0 Å². The van der Waals surface area contributed by atoms with Crippen LogP contribution in [-0.4, -0.2) is 14.8 Å². The first-order valence-electron chi connectivity index (χ1n) is 5.59. The first-order chi connectivity index (χ1) is 7.33. The maximum atomic E-state index is 8.85. The van der Waals surface area contributed by atoms with E-state index in [-0.39, 0.29) is 5.92 Å². The summed E-state index contributed by atoms with van der Waals surface area (Å²) in [5.41, 5.74) is 0. The Morgan fingerprint density at radius 3 is 2.87 bits per heavy atom. The molecule has 0 spiro atoms. The van der Waals surface area contributed by atoms with Crippen LogP contribution in [0.4, 0.5) is 0 Å². The highest BCUT2D eigenvalue weighted by Crippen LogP contribution is 2.44. The van der Waals surface area contributed by atoms with Crippen LogP contribution < -0.4 is 0 Å². The third kappa shape index (κ3) is 1.43. The molecule has 1 aliphatic heterocycles. The van der Waals surface area contributed by atoms with E-state index in [9.17, 15) is 0 Å². The Kier molecular flexibility index (Phi) is 2.72. The number of nitriles is 1. The molecule has 0 saturated heterocycles. The van der Waals surface area contributed by atoms with Crippen molar-refractivity contribution in [3.05, 3.63) is 12.2 Å². The van der Waals surface area contributed by atoms with Gasteiger partial charge in [0.1, 0.15) is 12.2 Å². The molecule has 1 aromatic rings. The summed E-state index contributed by atoms with van der Waals surface area (Å²) < 4.78 is 2.02. The van der Waals surface area contributed by atoms with Crippen molar-refractivity contribution in [1.82, 2.24) is 14.8 Å². The highest BCUT2D eigenvalue weighted by atomic mass is 15.4. The minimum absolute atomic E-state index is 0.285. The quantitative estimate of drug-likeness (QED) is 0.758. The van der Waals surface area contributed by atoms with Crippen LogP contribution in [0.2, 0.25) is 0 Å². The summed E-state index contributed by atoms with van der Waals surface area (Å²) in [7, 11) is 0. The van der Waals surface area contributed by atoms with Crippen LogP contribution >= 0.6 is 0 Å². The number of rotatable bonds is 3. The van der Waals surface area contributed by atoms with Crippen molar-refractivity contribution in [3.8, 4) is 6.07 Å². The van der Waals surface area contributed by atoms with E-state index >= 15 is 0 Å². The first-order valence-corrected chi connectivity index (χ1v) is 5.59. The second-order valence-electron chi connectivity index (χ2n) is 4.08. The number of hydrogen-bond acceptors (Lipinski definition) is 3. The fourth-order valence-corrected chi connectivity index (χ4v) is 2.79. The lowest BCUT2D eigenvalue weighted by Crippen LogP contribution is -2.14. The van der Waals surface area contributed by atoms with Crippen molar-refractivity contribution in [1.29, 1.82) is 5.26 Å². The maximum absolute atomic E-state index is 8.85. The summed E-state index contributed by atoms with van der Waals surface area (Å²) >= 11 is 0. The normalized spacial score (nSPS) is 28.7. The van der Waals surface area contributed by atoms with Gasteiger partial charge in [0.25, 0.3) is 0 Å². The second-order valence-corrected chi connectivity index (χ2v) is 4.08. The van der Waals surface area contributed by atoms with Gasteiger partial charge in [-0.3, -0.25) is 0 Å². The fourth-order valence-electron chi connectivity index (χ4n) is 2.79. The average Bonchev–Trinajstić information content (AvgIpc) is 2.79. The monoisotopic (exact) mass is 204 g/mol. The lowest BCUT2D eigenvalue weighted by atomic mass is 9.84. The molecule has 0 saturated carbocycles. The zero-order chi connectivity index (χ0) is 10.8. The third-order valence-electron chi connectivity index (χ3n) is 3.46. The van der Waals surface area contributed by atoms with E-state index in [1.165, 1.54) is 0 Å². The summed E-state index contributed by atoms with van der Waals surface area (Å²) in [6.07, 6.45) is 4.33. The van der Waals surface area contributed by atoms with E-state index in [0.717, 1.165) is 18.7 Å². The Morgan fingerprint density at radius 2 is 2.27 bits per heavy atom. The van der Waals surface area contributed by atoms with Crippen LogP contribution in [0.1, 0.15) is 50.9 Å².